The molecule has 0 aromatic carbocycles. The van der Waals surface area contributed by atoms with E-state index in [0.29, 0.717) is 0 Å². The molecule has 82 valence electrons. The summed E-state index contributed by atoms with van der Waals surface area (Å²) in [6.45, 7) is 12.1. The molecule has 2 aliphatic heterocycles. The van der Waals surface area contributed by atoms with Gasteiger partial charge in [-0.05, 0) is 26.8 Å². The van der Waals surface area contributed by atoms with E-state index in [1.807, 2.05) is 0 Å². The average molecular weight is 197 g/mol. The predicted molar refractivity (Wildman–Crippen MR) is 59.6 cm³/mol. The fraction of sp³-hybridized carbons (Fsp3) is 1.00. The third kappa shape index (κ3) is 2.27. The van der Waals surface area contributed by atoms with Crippen molar-refractivity contribution in [2.24, 2.45) is 0 Å². The summed E-state index contributed by atoms with van der Waals surface area (Å²) in [6, 6.07) is 1.54. The van der Waals surface area contributed by atoms with Gasteiger partial charge in [0.05, 0.1) is 0 Å². The minimum Gasteiger partial charge on any atom is -0.315 e. The molecular formula is C11H23N3. The maximum absolute atomic E-state index is 3.45. The smallest absolute Gasteiger partial charge is 0.0233 e. The van der Waals surface area contributed by atoms with Gasteiger partial charge in [-0.1, -0.05) is 0 Å². The van der Waals surface area contributed by atoms with E-state index in [9.17, 15) is 0 Å². The van der Waals surface area contributed by atoms with Crippen LogP contribution in [0.5, 0.6) is 0 Å². The summed E-state index contributed by atoms with van der Waals surface area (Å²) in [6.07, 6.45) is 1.35. The molecule has 2 heterocycles. The van der Waals surface area contributed by atoms with E-state index in [1.54, 1.807) is 0 Å². The van der Waals surface area contributed by atoms with Crippen LogP contribution in [0.4, 0.5) is 0 Å². The van der Waals surface area contributed by atoms with Gasteiger partial charge in [0.25, 0.3) is 0 Å². The zero-order chi connectivity index (χ0) is 9.97. The van der Waals surface area contributed by atoms with Crippen LogP contribution in [0.15, 0.2) is 0 Å². The van der Waals surface area contributed by atoms with Crippen molar-refractivity contribution in [1.82, 2.24) is 15.1 Å². The van der Waals surface area contributed by atoms with E-state index in [-0.39, 0.29) is 0 Å². The topological polar surface area (TPSA) is 18.5 Å². The van der Waals surface area contributed by atoms with Gasteiger partial charge in [-0.25, -0.2) is 0 Å². The van der Waals surface area contributed by atoms with Crippen molar-refractivity contribution in [1.29, 1.82) is 0 Å². The largest absolute Gasteiger partial charge is 0.315 e. The quantitative estimate of drug-likeness (QED) is 0.690. The Balaban J connectivity index is 1.77. The molecule has 0 aliphatic carbocycles. The van der Waals surface area contributed by atoms with Crippen LogP contribution in [0.25, 0.3) is 0 Å². The lowest BCUT2D eigenvalue weighted by Crippen LogP contribution is -2.52. The molecular weight excluding hydrogens is 174 g/mol. The van der Waals surface area contributed by atoms with Crippen LogP contribution in [0.3, 0.4) is 0 Å². The summed E-state index contributed by atoms with van der Waals surface area (Å²) in [5, 5.41) is 3.45. The second kappa shape index (κ2) is 4.60. The summed E-state index contributed by atoms with van der Waals surface area (Å²) in [5.74, 6) is 0. The van der Waals surface area contributed by atoms with Crippen LogP contribution in [0, 0.1) is 0 Å². The molecule has 3 heteroatoms. The summed E-state index contributed by atoms with van der Waals surface area (Å²) >= 11 is 0. The highest BCUT2D eigenvalue weighted by Crippen LogP contribution is 2.13. The monoisotopic (exact) mass is 197 g/mol. The molecule has 14 heavy (non-hydrogen) atoms. The second-order valence-electron chi connectivity index (χ2n) is 4.81. The fourth-order valence-electron chi connectivity index (χ4n) is 2.57. The second-order valence-corrected chi connectivity index (χ2v) is 4.81. The highest BCUT2D eigenvalue weighted by atomic mass is 15.3. The van der Waals surface area contributed by atoms with Gasteiger partial charge in [-0.3, -0.25) is 9.80 Å². The predicted octanol–water partition coefficient (Wildman–Crippen LogP) is 0.374. The fourth-order valence-corrected chi connectivity index (χ4v) is 2.57. The summed E-state index contributed by atoms with van der Waals surface area (Å²) in [5.41, 5.74) is 0. The highest BCUT2D eigenvalue weighted by Gasteiger charge is 2.26. The van der Waals surface area contributed by atoms with Crippen molar-refractivity contribution in [3.63, 3.8) is 0 Å². The molecule has 2 rings (SSSR count). The first kappa shape index (κ1) is 10.4. The number of nitrogens with one attached hydrogen (secondary N) is 1. The lowest BCUT2D eigenvalue weighted by atomic mass is 10.1. The SMILES string of the molecule is CC(C)N1CCN([C@@H]2CCNC2)CC1. The van der Waals surface area contributed by atoms with E-state index in [1.165, 1.54) is 45.7 Å². The molecule has 1 N–H and O–H groups in total. The standard InChI is InChI=1S/C11H23N3/c1-10(2)13-5-7-14(8-6-13)11-3-4-12-9-11/h10-12H,3-9H2,1-2H3/t11-/m1/s1. The zero-order valence-corrected chi connectivity index (χ0v) is 9.50. The number of nitrogens with zero attached hydrogens (tertiary/aromatic N) is 2. The van der Waals surface area contributed by atoms with Crippen molar-refractivity contribution >= 4 is 0 Å². The third-order valence-corrected chi connectivity index (χ3v) is 3.63. The molecule has 0 radical (unpaired) electrons. The molecule has 2 saturated heterocycles. The van der Waals surface area contributed by atoms with Crippen LogP contribution in [0.1, 0.15) is 20.3 Å². The van der Waals surface area contributed by atoms with Gasteiger partial charge >= 0.3 is 0 Å². The Bertz CT molecular complexity index is 167. The lowest BCUT2D eigenvalue weighted by molar-refractivity contribution is 0.0838. The Kier molecular flexibility index (Phi) is 3.42. The van der Waals surface area contributed by atoms with Crippen LogP contribution < -0.4 is 5.32 Å². The van der Waals surface area contributed by atoms with Crippen molar-refractivity contribution in [3.8, 4) is 0 Å². The summed E-state index contributed by atoms with van der Waals surface area (Å²) in [4.78, 5) is 5.25. The van der Waals surface area contributed by atoms with Gasteiger partial charge in [0.2, 0.25) is 0 Å². The molecule has 0 saturated carbocycles. The lowest BCUT2D eigenvalue weighted by Gasteiger charge is -2.39. The summed E-state index contributed by atoms with van der Waals surface area (Å²) in [7, 11) is 0. The number of hydrogen-bond donors (Lipinski definition) is 1. The van der Waals surface area contributed by atoms with E-state index in [2.05, 4.69) is 29.0 Å². The number of piperazine rings is 1. The van der Waals surface area contributed by atoms with Crippen LogP contribution >= 0.6 is 0 Å². The molecule has 1 atom stereocenters. The first-order chi connectivity index (χ1) is 6.77. The van der Waals surface area contributed by atoms with Crippen LogP contribution in [-0.4, -0.2) is 61.2 Å². The van der Waals surface area contributed by atoms with E-state index in [0.717, 1.165) is 12.1 Å². The molecule has 2 fully saturated rings. The zero-order valence-electron chi connectivity index (χ0n) is 9.50. The number of rotatable bonds is 2. The number of hydrogen-bond acceptors (Lipinski definition) is 3. The Morgan fingerprint density at radius 1 is 1.14 bits per heavy atom. The van der Waals surface area contributed by atoms with E-state index in [4.69, 9.17) is 0 Å². The molecule has 0 amide bonds. The van der Waals surface area contributed by atoms with Crippen molar-refractivity contribution in [3.05, 3.63) is 0 Å². The Morgan fingerprint density at radius 2 is 1.86 bits per heavy atom. The maximum atomic E-state index is 3.45. The average Bonchev–Trinajstić information content (AvgIpc) is 2.71. The van der Waals surface area contributed by atoms with E-state index < -0.39 is 0 Å². The molecule has 2 aliphatic rings. The van der Waals surface area contributed by atoms with Gasteiger partial charge in [0.1, 0.15) is 0 Å². The van der Waals surface area contributed by atoms with Gasteiger partial charge in [0.15, 0.2) is 0 Å². The Morgan fingerprint density at radius 3 is 2.36 bits per heavy atom. The Hall–Kier alpha value is -0.120. The molecule has 0 spiro atoms. The normalized spacial score (nSPS) is 31.5. The minimum absolute atomic E-state index is 0.721. The molecule has 0 aromatic heterocycles. The van der Waals surface area contributed by atoms with Gasteiger partial charge < -0.3 is 5.32 Å². The van der Waals surface area contributed by atoms with Gasteiger partial charge in [0, 0.05) is 44.8 Å². The highest BCUT2D eigenvalue weighted by molar-refractivity contribution is 4.84. The summed E-state index contributed by atoms with van der Waals surface area (Å²) < 4.78 is 0. The first-order valence-corrected chi connectivity index (χ1v) is 5.96. The Labute approximate surface area is 87.4 Å². The van der Waals surface area contributed by atoms with Crippen LogP contribution in [0.2, 0.25) is 0 Å². The van der Waals surface area contributed by atoms with E-state index >= 15 is 0 Å². The molecule has 0 aromatic rings. The van der Waals surface area contributed by atoms with Gasteiger partial charge in [-0.15, -0.1) is 0 Å². The van der Waals surface area contributed by atoms with Crippen molar-refractivity contribution in [2.45, 2.75) is 32.4 Å². The van der Waals surface area contributed by atoms with Crippen molar-refractivity contribution < 1.29 is 0 Å². The molecule has 0 bridgehead atoms. The minimum atomic E-state index is 0.721. The third-order valence-electron chi connectivity index (χ3n) is 3.63. The molecule has 3 nitrogen and oxygen atoms in total. The van der Waals surface area contributed by atoms with Gasteiger partial charge in [-0.2, -0.15) is 0 Å². The maximum Gasteiger partial charge on any atom is 0.0233 e. The first-order valence-electron chi connectivity index (χ1n) is 5.96. The molecule has 0 unspecified atom stereocenters. The van der Waals surface area contributed by atoms with Crippen molar-refractivity contribution in [2.75, 3.05) is 39.3 Å². The van der Waals surface area contributed by atoms with Crippen LogP contribution in [-0.2, 0) is 0 Å².